The zero-order chi connectivity index (χ0) is 14.0. The fourth-order valence-electron chi connectivity index (χ4n) is 1.29. The summed E-state index contributed by atoms with van der Waals surface area (Å²) in [6.45, 7) is 0. The summed E-state index contributed by atoms with van der Waals surface area (Å²) in [7, 11) is 0. The summed E-state index contributed by atoms with van der Waals surface area (Å²) >= 11 is 12.3. The summed E-state index contributed by atoms with van der Waals surface area (Å²) in [5.41, 5.74) is -0.245. The van der Waals surface area contributed by atoms with Crippen molar-refractivity contribution in [1.82, 2.24) is 4.98 Å². The molecule has 8 heteroatoms. The highest BCUT2D eigenvalue weighted by molar-refractivity contribution is 9.10. The summed E-state index contributed by atoms with van der Waals surface area (Å²) in [4.78, 5) is 14.2. The molecule has 0 fully saturated rings. The Bertz CT molecular complexity index is 652. The van der Waals surface area contributed by atoms with Crippen LogP contribution in [0, 0.1) is 10.1 Å². The van der Waals surface area contributed by atoms with Gasteiger partial charge in [0, 0.05) is 21.2 Å². The van der Waals surface area contributed by atoms with E-state index in [-0.39, 0.29) is 17.3 Å². The number of rotatable bonds is 3. The van der Waals surface area contributed by atoms with Gasteiger partial charge in [0.05, 0.1) is 9.95 Å². The molecule has 2 rings (SSSR count). The maximum Gasteiger partial charge on any atom is 0.332 e. The van der Waals surface area contributed by atoms with Gasteiger partial charge in [0.25, 0.3) is 5.88 Å². The van der Waals surface area contributed by atoms with Crippen LogP contribution in [0.1, 0.15) is 0 Å². The Morgan fingerprint density at radius 1 is 1.26 bits per heavy atom. The van der Waals surface area contributed by atoms with E-state index in [4.69, 9.17) is 16.3 Å². The van der Waals surface area contributed by atoms with Gasteiger partial charge in [-0.1, -0.05) is 27.5 Å². The van der Waals surface area contributed by atoms with E-state index in [1.165, 1.54) is 12.3 Å². The zero-order valence-corrected chi connectivity index (χ0v) is 13.1. The first-order valence-electron chi connectivity index (χ1n) is 4.90. The number of nitrogens with zero attached hydrogens (tertiary/aromatic N) is 2. The highest BCUT2D eigenvalue weighted by Crippen LogP contribution is 2.35. The molecule has 0 saturated carbocycles. The van der Waals surface area contributed by atoms with Crippen LogP contribution in [0.3, 0.4) is 0 Å². The fraction of sp³-hybridized carbons (Fsp3) is 0. The van der Waals surface area contributed by atoms with E-state index in [1.807, 2.05) is 0 Å². The Kier molecular flexibility index (Phi) is 4.38. The van der Waals surface area contributed by atoms with Crippen molar-refractivity contribution < 1.29 is 9.66 Å². The summed E-state index contributed by atoms with van der Waals surface area (Å²) < 4.78 is 6.64. The average Bonchev–Trinajstić information content (AvgIpc) is 2.35. The Hall–Kier alpha value is -1.18. The molecule has 0 radical (unpaired) electrons. The van der Waals surface area contributed by atoms with E-state index in [1.54, 1.807) is 18.2 Å². The normalized spacial score (nSPS) is 10.3. The molecule has 0 amide bonds. The molecule has 98 valence electrons. The first-order chi connectivity index (χ1) is 8.97. The van der Waals surface area contributed by atoms with Gasteiger partial charge >= 0.3 is 5.69 Å². The number of ether oxygens (including phenoxy) is 1. The van der Waals surface area contributed by atoms with Crippen LogP contribution >= 0.6 is 43.5 Å². The minimum absolute atomic E-state index is 0.117. The van der Waals surface area contributed by atoms with Crippen molar-refractivity contribution in [3.63, 3.8) is 0 Å². The van der Waals surface area contributed by atoms with Gasteiger partial charge in [0.1, 0.15) is 5.75 Å². The van der Waals surface area contributed by atoms with Gasteiger partial charge in [-0.05, 0) is 34.1 Å². The lowest BCUT2D eigenvalue weighted by Crippen LogP contribution is -1.96. The second-order valence-corrected chi connectivity index (χ2v) is 5.65. The topological polar surface area (TPSA) is 65.3 Å². The molecule has 1 heterocycles. The number of aromatic nitrogens is 1. The van der Waals surface area contributed by atoms with Crippen molar-refractivity contribution in [2.24, 2.45) is 0 Å². The SMILES string of the molecule is O=[N+]([O-])c1cc(Br)cnc1Oc1cc(Br)ccc1Cl. The quantitative estimate of drug-likeness (QED) is 0.532. The van der Waals surface area contributed by atoms with E-state index in [0.29, 0.717) is 9.50 Å². The minimum atomic E-state index is -0.570. The maximum atomic E-state index is 10.9. The van der Waals surface area contributed by atoms with Crippen LogP contribution in [0.2, 0.25) is 5.02 Å². The van der Waals surface area contributed by atoms with Crippen molar-refractivity contribution >= 4 is 49.1 Å². The molecular weight excluding hydrogens is 403 g/mol. The molecule has 0 aliphatic heterocycles. The molecule has 0 aliphatic carbocycles. The van der Waals surface area contributed by atoms with Crippen LogP contribution in [0.4, 0.5) is 5.69 Å². The first kappa shape index (κ1) is 14.2. The van der Waals surface area contributed by atoms with E-state index in [2.05, 4.69) is 36.8 Å². The molecule has 1 aromatic carbocycles. The third kappa shape index (κ3) is 3.43. The van der Waals surface area contributed by atoms with E-state index < -0.39 is 4.92 Å². The molecule has 0 aliphatic rings. The minimum Gasteiger partial charge on any atom is -0.432 e. The Labute approximate surface area is 130 Å². The molecule has 0 N–H and O–H groups in total. The summed E-state index contributed by atoms with van der Waals surface area (Å²) in [5, 5.41) is 11.3. The Morgan fingerprint density at radius 3 is 2.68 bits per heavy atom. The maximum absolute atomic E-state index is 10.9. The van der Waals surface area contributed by atoms with Crippen LogP contribution in [0.15, 0.2) is 39.4 Å². The number of pyridine rings is 1. The van der Waals surface area contributed by atoms with Gasteiger partial charge in [-0.3, -0.25) is 10.1 Å². The van der Waals surface area contributed by atoms with E-state index in [9.17, 15) is 10.1 Å². The van der Waals surface area contributed by atoms with E-state index in [0.717, 1.165) is 4.47 Å². The van der Waals surface area contributed by atoms with Crippen molar-refractivity contribution in [1.29, 1.82) is 0 Å². The van der Waals surface area contributed by atoms with Crippen LogP contribution in [0.25, 0.3) is 0 Å². The molecule has 5 nitrogen and oxygen atoms in total. The highest BCUT2D eigenvalue weighted by Gasteiger charge is 2.19. The van der Waals surface area contributed by atoms with Gasteiger partial charge in [-0.2, -0.15) is 0 Å². The van der Waals surface area contributed by atoms with Gasteiger partial charge in [0.15, 0.2) is 0 Å². The molecular formula is C11H5Br2ClN2O3. The van der Waals surface area contributed by atoms with Crippen molar-refractivity contribution in [2.45, 2.75) is 0 Å². The van der Waals surface area contributed by atoms with Crippen LogP contribution < -0.4 is 4.74 Å². The third-order valence-corrected chi connectivity index (χ3v) is 3.33. The number of nitro groups is 1. The van der Waals surface area contributed by atoms with Crippen LogP contribution in [-0.4, -0.2) is 9.91 Å². The fourth-order valence-corrected chi connectivity index (χ4v) is 2.10. The molecule has 0 bridgehead atoms. The number of hydrogen-bond donors (Lipinski definition) is 0. The monoisotopic (exact) mass is 406 g/mol. The van der Waals surface area contributed by atoms with Crippen LogP contribution in [0.5, 0.6) is 11.6 Å². The van der Waals surface area contributed by atoms with Gasteiger partial charge < -0.3 is 4.74 Å². The van der Waals surface area contributed by atoms with Crippen molar-refractivity contribution in [2.75, 3.05) is 0 Å². The molecule has 0 unspecified atom stereocenters. The molecule has 0 atom stereocenters. The van der Waals surface area contributed by atoms with Crippen LogP contribution in [-0.2, 0) is 0 Å². The molecule has 2 aromatic rings. The lowest BCUT2D eigenvalue weighted by Gasteiger charge is -2.07. The number of halogens is 3. The molecule has 0 saturated heterocycles. The van der Waals surface area contributed by atoms with Gasteiger partial charge in [0.2, 0.25) is 0 Å². The summed E-state index contributed by atoms with van der Waals surface area (Å²) in [5.74, 6) is 0.169. The smallest absolute Gasteiger partial charge is 0.332 e. The Morgan fingerprint density at radius 2 is 2.00 bits per heavy atom. The lowest BCUT2D eigenvalue weighted by molar-refractivity contribution is -0.386. The van der Waals surface area contributed by atoms with Crippen molar-refractivity contribution in [3.05, 3.63) is 54.5 Å². The number of benzene rings is 1. The van der Waals surface area contributed by atoms with E-state index >= 15 is 0 Å². The second-order valence-electron chi connectivity index (χ2n) is 3.41. The second kappa shape index (κ2) is 5.85. The van der Waals surface area contributed by atoms with Crippen molar-refractivity contribution in [3.8, 4) is 11.6 Å². The van der Waals surface area contributed by atoms with Gasteiger partial charge in [-0.25, -0.2) is 4.98 Å². The average molecular weight is 408 g/mol. The summed E-state index contributed by atoms with van der Waals surface area (Å²) in [6, 6.07) is 6.27. The largest absolute Gasteiger partial charge is 0.432 e. The van der Waals surface area contributed by atoms with Gasteiger partial charge in [-0.15, -0.1) is 0 Å². The molecule has 1 aromatic heterocycles. The standard InChI is InChI=1S/C11H5Br2ClN2O3/c12-6-1-2-8(14)10(4-6)19-11-9(16(17)18)3-7(13)5-15-11/h1-5H. The predicted molar refractivity (Wildman–Crippen MR) is 77.8 cm³/mol. The zero-order valence-electron chi connectivity index (χ0n) is 9.14. The lowest BCUT2D eigenvalue weighted by atomic mass is 10.3. The highest BCUT2D eigenvalue weighted by atomic mass is 79.9. The number of hydrogen-bond acceptors (Lipinski definition) is 4. The third-order valence-electron chi connectivity index (χ3n) is 2.10. The predicted octanol–water partition coefficient (Wildman–Crippen LogP) is 4.96. The molecule has 0 spiro atoms. The Balaban J connectivity index is 2.43. The molecule has 19 heavy (non-hydrogen) atoms. The summed E-state index contributed by atoms with van der Waals surface area (Å²) in [6.07, 6.45) is 1.41. The first-order valence-corrected chi connectivity index (χ1v) is 6.86.